The van der Waals surface area contributed by atoms with Crippen molar-refractivity contribution in [2.75, 3.05) is 18.1 Å². The molecule has 2 amide bonds. The van der Waals surface area contributed by atoms with Gasteiger partial charge in [-0.25, -0.2) is 9.18 Å². The predicted molar refractivity (Wildman–Crippen MR) is 119 cm³/mol. The largest absolute Gasteiger partial charge is 0.461 e. The van der Waals surface area contributed by atoms with Crippen molar-refractivity contribution in [3.63, 3.8) is 0 Å². The van der Waals surface area contributed by atoms with Crippen LogP contribution in [0.2, 0.25) is 5.02 Å². The first-order chi connectivity index (χ1) is 15.7. The van der Waals surface area contributed by atoms with Crippen molar-refractivity contribution in [3.8, 4) is 0 Å². The van der Waals surface area contributed by atoms with Crippen LogP contribution in [0.4, 0.5) is 10.1 Å². The SMILES string of the molecule is CCOC(=O)c1cc2cc(N3CCC(O)(C(=O)NCc4cc(F)cc(Cl)c4)C3=O)ccc2[nH]1. The van der Waals surface area contributed by atoms with Gasteiger partial charge in [0.25, 0.3) is 11.8 Å². The zero-order valence-corrected chi connectivity index (χ0v) is 18.4. The fourth-order valence-corrected chi connectivity index (χ4v) is 4.06. The number of anilines is 1. The fraction of sp³-hybridized carbons (Fsp3) is 0.261. The third-order valence-corrected chi connectivity index (χ3v) is 5.68. The molecule has 8 nitrogen and oxygen atoms in total. The highest BCUT2D eigenvalue weighted by Crippen LogP contribution is 2.31. The van der Waals surface area contributed by atoms with Crippen LogP contribution in [0.1, 0.15) is 29.4 Å². The van der Waals surface area contributed by atoms with Gasteiger partial charge in [0.2, 0.25) is 5.60 Å². The molecular weight excluding hydrogens is 453 g/mol. The van der Waals surface area contributed by atoms with E-state index in [0.29, 0.717) is 22.2 Å². The van der Waals surface area contributed by atoms with E-state index < -0.39 is 29.2 Å². The Labute approximate surface area is 193 Å². The van der Waals surface area contributed by atoms with Crippen LogP contribution < -0.4 is 10.2 Å². The highest BCUT2D eigenvalue weighted by Gasteiger charge is 2.51. The molecule has 1 fully saturated rings. The highest BCUT2D eigenvalue weighted by molar-refractivity contribution is 6.30. The topological polar surface area (TPSA) is 112 Å². The molecule has 1 atom stereocenters. The second kappa shape index (κ2) is 8.84. The van der Waals surface area contributed by atoms with Crippen LogP contribution in [-0.4, -0.2) is 46.6 Å². The molecule has 4 rings (SSSR count). The van der Waals surface area contributed by atoms with Crippen molar-refractivity contribution in [2.24, 2.45) is 0 Å². The number of aromatic amines is 1. The molecule has 0 aliphatic carbocycles. The molecule has 172 valence electrons. The van der Waals surface area contributed by atoms with Crippen LogP contribution in [0.25, 0.3) is 10.9 Å². The summed E-state index contributed by atoms with van der Waals surface area (Å²) in [5, 5.41) is 14.1. The molecule has 1 aromatic heterocycles. The molecule has 1 aliphatic heterocycles. The summed E-state index contributed by atoms with van der Waals surface area (Å²) in [7, 11) is 0. The second-order valence-electron chi connectivity index (χ2n) is 7.70. The molecule has 2 aromatic carbocycles. The normalized spacial score (nSPS) is 18.1. The van der Waals surface area contributed by atoms with Gasteiger partial charge in [-0.3, -0.25) is 9.59 Å². The van der Waals surface area contributed by atoms with Gasteiger partial charge in [-0.15, -0.1) is 0 Å². The Morgan fingerprint density at radius 3 is 2.79 bits per heavy atom. The van der Waals surface area contributed by atoms with E-state index in [0.717, 1.165) is 6.07 Å². The Morgan fingerprint density at radius 1 is 1.27 bits per heavy atom. The number of hydrogen-bond acceptors (Lipinski definition) is 5. The third kappa shape index (κ3) is 4.42. The van der Waals surface area contributed by atoms with Gasteiger partial charge in [0.05, 0.1) is 6.61 Å². The number of carbonyl (C=O) groups excluding carboxylic acids is 3. The number of ether oxygens (including phenoxy) is 1. The molecule has 0 saturated carbocycles. The molecule has 3 N–H and O–H groups in total. The summed E-state index contributed by atoms with van der Waals surface area (Å²) in [6.45, 7) is 1.98. The van der Waals surface area contributed by atoms with Crippen molar-refractivity contribution in [1.29, 1.82) is 0 Å². The minimum atomic E-state index is -2.25. The Balaban J connectivity index is 1.49. The average molecular weight is 474 g/mol. The number of hydrogen-bond donors (Lipinski definition) is 3. The van der Waals surface area contributed by atoms with Gasteiger partial charge in [-0.1, -0.05) is 11.6 Å². The van der Waals surface area contributed by atoms with Crippen LogP contribution in [0, 0.1) is 5.82 Å². The quantitative estimate of drug-likeness (QED) is 0.376. The maximum Gasteiger partial charge on any atom is 0.354 e. The number of halogens is 2. The van der Waals surface area contributed by atoms with Crippen molar-refractivity contribution < 1.29 is 28.6 Å². The lowest BCUT2D eigenvalue weighted by Gasteiger charge is -2.22. The van der Waals surface area contributed by atoms with E-state index >= 15 is 0 Å². The van der Waals surface area contributed by atoms with Crippen molar-refractivity contribution in [3.05, 3.63) is 64.6 Å². The fourth-order valence-electron chi connectivity index (χ4n) is 3.81. The predicted octanol–water partition coefficient (Wildman–Crippen LogP) is 2.92. The Morgan fingerprint density at radius 2 is 2.06 bits per heavy atom. The van der Waals surface area contributed by atoms with Crippen LogP contribution in [0.5, 0.6) is 0 Å². The summed E-state index contributed by atoms with van der Waals surface area (Å²) in [4.78, 5) is 41.8. The third-order valence-electron chi connectivity index (χ3n) is 5.46. The minimum Gasteiger partial charge on any atom is -0.461 e. The van der Waals surface area contributed by atoms with Crippen LogP contribution in [0.15, 0.2) is 42.5 Å². The molecule has 33 heavy (non-hydrogen) atoms. The maximum atomic E-state index is 13.5. The number of aromatic nitrogens is 1. The summed E-state index contributed by atoms with van der Waals surface area (Å²) >= 11 is 5.82. The molecule has 0 spiro atoms. The summed E-state index contributed by atoms with van der Waals surface area (Å²) < 4.78 is 18.5. The summed E-state index contributed by atoms with van der Waals surface area (Å²) in [6.07, 6.45) is -0.110. The van der Waals surface area contributed by atoms with E-state index in [4.69, 9.17) is 16.3 Å². The van der Waals surface area contributed by atoms with Gasteiger partial charge < -0.3 is 25.0 Å². The number of benzene rings is 2. The number of rotatable bonds is 6. The molecular formula is C23H21ClFN3O5. The zero-order valence-electron chi connectivity index (χ0n) is 17.7. The first-order valence-corrected chi connectivity index (χ1v) is 10.7. The summed E-state index contributed by atoms with van der Waals surface area (Å²) in [5.74, 6) is -2.68. The Bertz CT molecular complexity index is 1240. The van der Waals surface area contributed by atoms with Crippen LogP contribution in [0.3, 0.4) is 0 Å². The zero-order chi connectivity index (χ0) is 23.8. The van der Waals surface area contributed by atoms with Crippen molar-refractivity contribution >= 4 is 46.0 Å². The van der Waals surface area contributed by atoms with E-state index in [9.17, 15) is 23.9 Å². The van der Waals surface area contributed by atoms with E-state index in [1.54, 1.807) is 31.2 Å². The highest BCUT2D eigenvalue weighted by atomic mass is 35.5. The summed E-state index contributed by atoms with van der Waals surface area (Å²) in [6, 6.07) is 10.5. The smallest absolute Gasteiger partial charge is 0.354 e. The molecule has 1 saturated heterocycles. The standard InChI is InChI=1S/C23H21ClFN3O5/c1-2-33-20(29)19-10-14-9-17(3-4-18(14)27-19)28-6-5-23(32,22(28)31)21(30)26-12-13-7-15(24)11-16(25)8-13/h3-4,7-11,27,32H,2,5-6,12H2,1H3,(H,26,30). The van der Waals surface area contributed by atoms with Crippen molar-refractivity contribution in [2.45, 2.75) is 25.5 Å². The van der Waals surface area contributed by atoms with E-state index in [2.05, 4.69) is 10.3 Å². The number of carbonyl (C=O) groups is 3. The van der Waals surface area contributed by atoms with Gasteiger partial charge in [0.1, 0.15) is 11.5 Å². The number of esters is 1. The first-order valence-electron chi connectivity index (χ1n) is 10.3. The number of H-pyrrole nitrogens is 1. The molecule has 3 aromatic rings. The molecule has 10 heteroatoms. The lowest BCUT2D eigenvalue weighted by atomic mass is 10.0. The average Bonchev–Trinajstić information content (AvgIpc) is 3.33. The number of aliphatic hydroxyl groups is 1. The Kier molecular flexibility index (Phi) is 6.09. The number of amides is 2. The number of fused-ring (bicyclic) bond motifs is 1. The maximum absolute atomic E-state index is 13.5. The molecule has 0 radical (unpaired) electrons. The van der Waals surface area contributed by atoms with Gasteiger partial charge in [-0.2, -0.15) is 0 Å². The lowest BCUT2D eigenvalue weighted by molar-refractivity contribution is -0.149. The second-order valence-corrected chi connectivity index (χ2v) is 8.14. The van der Waals surface area contributed by atoms with E-state index in [-0.39, 0.29) is 36.8 Å². The van der Waals surface area contributed by atoms with Gasteiger partial charge in [0, 0.05) is 41.1 Å². The Hall–Kier alpha value is -3.43. The lowest BCUT2D eigenvalue weighted by Crippen LogP contribution is -2.52. The van der Waals surface area contributed by atoms with Crippen molar-refractivity contribution in [1.82, 2.24) is 10.3 Å². The molecule has 1 unspecified atom stereocenters. The van der Waals surface area contributed by atoms with Crippen LogP contribution in [-0.2, 0) is 20.9 Å². The monoisotopic (exact) mass is 473 g/mol. The van der Waals surface area contributed by atoms with E-state index in [1.807, 2.05) is 0 Å². The molecule has 1 aliphatic rings. The van der Waals surface area contributed by atoms with E-state index in [1.165, 1.54) is 17.0 Å². The number of nitrogens with one attached hydrogen (secondary N) is 2. The summed E-state index contributed by atoms with van der Waals surface area (Å²) in [5.41, 5.74) is -0.419. The first kappa shape index (κ1) is 22.8. The van der Waals surface area contributed by atoms with Crippen LogP contribution >= 0.6 is 11.6 Å². The number of nitrogens with zero attached hydrogens (tertiary/aromatic N) is 1. The molecule has 0 bridgehead atoms. The molecule has 2 heterocycles. The van der Waals surface area contributed by atoms with Gasteiger partial charge >= 0.3 is 5.97 Å². The van der Waals surface area contributed by atoms with Gasteiger partial charge in [-0.05, 0) is 55.0 Å². The van der Waals surface area contributed by atoms with Gasteiger partial charge in [0.15, 0.2) is 0 Å². The minimum absolute atomic E-state index is 0.0994.